The predicted octanol–water partition coefficient (Wildman–Crippen LogP) is 2.44. The van der Waals surface area contributed by atoms with Gasteiger partial charge in [-0.05, 0) is 43.7 Å². The molecule has 0 bridgehead atoms. The monoisotopic (exact) mass is 496 g/mol. The van der Waals surface area contributed by atoms with Crippen molar-refractivity contribution in [1.82, 2.24) is 25.4 Å². The number of rotatable bonds is 7. The van der Waals surface area contributed by atoms with Gasteiger partial charge >= 0.3 is 0 Å². The van der Waals surface area contributed by atoms with Gasteiger partial charge in [-0.2, -0.15) is 5.10 Å². The summed E-state index contributed by atoms with van der Waals surface area (Å²) in [6.45, 7) is 5.20. The maximum absolute atomic E-state index is 10.5. The van der Waals surface area contributed by atoms with Crippen LogP contribution in [0.3, 0.4) is 0 Å². The molecule has 0 radical (unpaired) electrons. The second-order valence-electron chi connectivity index (χ2n) is 6.31. The Hall–Kier alpha value is -2.40. The quantitative estimate of drug-likeness (QED) is 0.264. The Morgan fingerprint density at radius 2 is 2.04 bits per heavy atom. The standard InChI is InChI=1S/C19H24N6O2.HI/c1-3-21-18(23-12-19(2,26)17-5-4-10-27-17)22-11-15-6-8-16(9-7-15)25-14-20-13-24-25;/h4-10,13-14,26H,3,11-12H2,1-2H3,(H2,21,22,23);1H. The van der Waals surface area contributed by atoms with Gasteiger partial charge in [0.1, 0.15) is 24.0 Å². The molecule has 0 aliphatic heterocycles. The minimum absolute atomic E-state index is 0. The van der Waals surface area contributed by atoms with E-state index in [0.717, 1.165) is 17.8 Å². The second kappa shape index (κ2) is 10.2. The molecule has 150 valence electrons. The third kappa shape index (κ3) is 5.80. The molecule has 2 heterocycles. The van der Waals surface area contributed by atoms with Crippen molar-refractivity contribution in [1.29, 1.82) is 0 Å². The van der Waals surface area contributed by atoms with E-state index >= 15 is 0 Å². The number of nitrogens with one attached hydrogen (secondary N) is 2. The van der Waals surface area contributed by atoms with Gasteiger partial charge in [0.25, 0.3) is 0 Å². The Morgan fingerprint density at radius 3 is 2.64 bits per heavy atom. The highest BCUT2D eigenvalue weighted by Crippen LogP contribution is 2.19. The molecule has 0 saturated heterocycles. The van der Waals surface area contributed by atoms with Crippen LogP contribution in [0.4, 0.5) is 0 Å². The molecule has 1 unspecified atom stereocenters. The smallest absolute Gasteiger partial charge is 0.191 e. The van der Waals surface area contributed by atoms with Crippen molar-refractivity contribution < 1.29 is 9.52 Å². The van der Waals surface area contributed by atoms with Crippen LogP contribution in [-0.4, -0.2) is 38.9 Å². The number of aromatic nitrogens is 3. The SMILES string of the molecule is CCNC(=NCc1ccc(-n2cncn2)cc1)NCC(C)(O)c1ccco1.I. The molecule has 3 rings (SSSR count). The molecule has 0 aliphatic rings. The van der Waals surface area contributed by atoms with Crippen molar-refractivity contribution in [3.05, 3.63) is 66.6 Å². The van der Waals surface area contributed by atoms with E-state index in [1.807, 2.05) is 31.2 Å². The van der Waals surface area contributed by atoms with E-state index < -0.39 is 5.60 Å². The maximum atomic E-state index is 10.5. The molecule has 3 N–H and O–H groups in total. The third-order valence-electron chi connectivity index (χ3n) is 4.04. The average molecular weight is 496 g/mol. The summed E-state index contributed by atoms with van der Waals surface area (Å²) in [7, 11) is 0. The van der Waals surface area contributed by atoms with Gasteiger partial charge in [-0.25, -0.2) is 14.7 Å². The molecule has 3 aromatic rings. The largest absolute Gasteiger partial charge is 0.466 e. The zero-order valence-electron chi connectivity index (χ0n) is 15.9. The van der Waals surface area contributed by atoms with E-state index in [2.05, 4.69) is 25.7 Å². The van der Waals surface area contributed by atoms with Crippen LogP contribution in [0.2, 0.25) is 0 Å². The van der Waals surface area contributed by atoms with Gasteiger partial charge in [-0.3, -0.25) is 0 Å². The Balaban J connectivity index is 0.00000280. The average Bonchev–Trinajstić information content (AvgIpc) is 3.39. The number of hydrogen-bond acceptors (Lipinski definition) is 5. The van der Waals surface area contributed by atoms with Gasteiger partial charge in [0, 0.05) is 6.54 Å². The van der Waals surface area contributed by atoms with Crippen molar-refractivity contribution in [3.8, 4) is 5.69 Å². The number of aliphatic imine (C=N–C) groups is 1. The Morgan fingerprint density at radius 1 is 1.25 bits per heavy atom. The van der Waals surface area contributed by atoms with Gasteiger partial charge in [-0.1, -0.05) is 12.1 Å². The molecule has 0 amide bonds. The number of halogens is 1. The van der Waals surface area contributed by atoms with Crippen molar-refractivity contribution in [2.75, 3.05) is 13.1 Å². The Bertz CT molecular complexity index is 845. The van der Waals surface area contributed by atoms with Crippen LogP contribution in [0.1, 0.15) is 25.2 Å². The van der Waals surface area contributed by atoms with Crippen molar-refractivity contribution >= 4 is 29.9 Å². The van der Waals surface area contributed by atoms with Gasteiger partial charge in [-0.15, -0.1) is 24.0 Å². The molecule has 9 heteroatoms. The first-order valence-electron chi connectivity index (χ1n) is 8.81. The first-order valence-corrected chi connectivity index (χ1v) is 8.81. The third-order valence-corrected chi connectivity index (χ3v) is 4.04. The molecular formula is C19H25IN6O2. The van der Waals surface area contributed by atoms with Crippen LogP contribution in [-0.2, 0) is 12.1 Å². The molecule has 2 aromatic heterocycles. The fraction of sp³-hybridized carbons (Fsp3) is 0.316. The minimum Gasteiger partial charge on any atom is -0.466 e. The van der Waals surface area contributed by atoms with Crippen LogP contribution >= 0.6 is 24.0 Å². The molecule has 1 aromatic carbocycles. The summed E-state index contributed by atoms with van der Waals surface area (Å²) in [5.74, 6) is 1.14. The van der Waals surface area contributed by atoms with E-state index in [0.29, 0.717) is 18.3 Å². The normalized spacial score (nSPS) is 13.5. The van der Waals surface area contributed by atoms with E-state index in [-0.39, 0.29) is 30.5 Å². The summed E-state index contributed by atoms with van der Waals surface area (Å²) in [5, 5.41) is 21.0. The summed E-state index contributed by atoms with van der Waals surface area (Å²) < 4.78 is 7.00. The van der Waals surface area contributed by atoms with Crippen LogP contribution in [0.25, 0.3) is 5.69 Å². The highest BCUT2D eigenvalue weighted by molar-refractivity contribution is 14.0. The number of nitrogens with zero attached hydrogens (tertiary/aromatic N) is 4. The first-order chi connectivity index (χ1) is 13.1. The van der Waals surface area contributed by atoms with Crippen LogP contribution in [0.5, 0.6) is 0 Å². The van der Waals surface area contributed by atoms with Gasteiger partial charge < -0.3 is 20.2 Å². The number of guanidine groups is 1. The van der Waals surface area contributed by atoms with Gasteiger partial charge in [0.05, 0.1) is 25.0 Å². The zero-order valence-corrected chi connectivity index (χ0v) is 18.2. The lowest BCUT2D eigenvalue weighted by atomic mass is 10.0. The van der Waals surface area contributed by atoms with E-state index in [9.17, 15) is 5.11 Å². The topological polar surface area (TPSA) is 100 Å². The highest BCUT2D eigenvalue weighted by Gasteiger charge is 2.26. The van der Waals surface area contributed by atoms with Crippen LogP contribution in [0, 0.1) is 0 Å². The lowest BCUT2D eigenvalue weighted by Crippen LogP contribution is -2.44. The van der Waals surface area contributed by atoms with E-state index in [1.54, 1.807) is 36.3 Å². The number of benzene rings is 1. The minimum atomic E-state index is -1.13. The summed E-state index contributed by atoms with van der Waals surface area (Å²) in [6, 6.07) is 11.5. The lowest BCUT2D eigenvalue weighted by molar-refractivity contribution is 0.0386. The summed E-state index contributed by atoms with van der Waals surface area (Å²) in [6.07, 6.45) is 4.71. The van der Waals surface area contributed by atoms with Crippen LogP contribution in [0.15, 0.2) is 64.7 Å². The number of furan rings is 1. The predicted molar refractivity (Wildman–Crippen MR) is 118 cm³/mol. The Labute approximate surface area is 181 Å². The van der Waals surface area contributed by atoms with E-state index in [1.165, 1.54) is 6.33 Å². The van der Waals surface area contributed by atoms with E-state index in [4.69, 9.17) is 4.42 Å². The molecule has 8 nitrogen and oxygen atoms in total. The van der Waals surface area contributed by atoms with Crippen LogP contribution < -0.4 is 10.6 Å². The molecule has 1 atom stereocenters. The lowest BCUT2D eigenvalue weighted by Gasteiger charge is -2.22. The fourth-order valence-corrected chi connectivity index (χ4v) is 2.54. The zero-order chi connectivity index (χ0) is 19.1. The van der Waals surface area contributed by atoms with Crippen molar-refractivity contribution in [2.45, 2.75) is 26.0 Å². The molecule has 0 aliphatic carbocycles. The molecule has 0 fully saturated rings. The number of aliphatic hydroxyl groups is 1. The van der Waals surface area contributed by atoms with Gasteiger partial charge in [0.2, 0.25) is 0 Å². The second-order valence-corrected chi connectivity index (χ2v) is 6.31. The van der Waals surface area contributed by atoms with Crippen molar-refractivity contribution in [3.63, 3.8) is 0 Å². The van der Waals surface area contributed by atoms with Crippen molar-refractivity contribution in [2.24, 2.45) is 4.99 Å². The first kappa shape index (κ1) is 21.9. The molecule has 0 spiro atoms. The number of hydrogen-bond donors (Lipinski definition) is 3. The maximum Gasteiger partial charge on any atom is 0.191 e. The summed E-state index contributed by atoms with van der Waals surface area (Å²) in [4.78, 5) is 8.52. The van der Waals surface area contributed by atoms with Gasteiger partial charge in [0.15, 0.2) is 5.96 Å². The fourth-order valence-electron chi connectivity index (χ4n) is 2.54. The highest BCUT2D eigenvalue weighted by atomic mass is 127. The Kier molecular flexibility index (Phi) is 8.00. The molecular weight excluding hydrogens is 471 g/mol. The summed E-state index contributed by atoms with van der Waals surface area (Å²) >= 11 is 0. The molecule has 28 heavy (non-hydrogen) atoms. The summed E-state index contributed by atoms with van der Waals surface area (Å²) in [5.41, 5.74) is 0.882. The molecule has 0 saturated carbocycles.